The standard InChI is InChI=1S/C13H22N2O/c1-11-7-9-15(10-8-11)13(16)14-12-5-3-2-4-6-12/h2-3,11-12H,4-10H2,1H3,(H,14,16). The highest BCUT2D eigenvalue weighted by molar-refractivity contribution is 5.74. The molecule has 2 rings (SSSR count). The van der Waals surface area contributed by atoms with E-state index < -0.39 is 0 Å². The van der Waals surface area contributed by atoms with Crippen LogP contribution in [0.5, 0.6) is 0 Å². The number of urea groups is 1. The van der Waals surface area contributed by atoms with E-state index in [1.54, 1.807) is 0 Å². The summed E-state index contributed by atoms with van der Waals surface area (Å²) in [6.07, 6.45) is 9.86. The smallest absolute Gasteiger partial charge is 0.317 e. The Bertz CT molecular complexity index is 267. The van der Waals surface area contributed by atoms with Crippen LogP contribution in [-0.2, 0) is 0 Å². The van der Waals surface area contributed by atoms with Crippen molar-refractivity contribution in [2.45, 2.75) is 45.1 Å². The SMILES string of the molecule is CC1CCN(C(=O)NC2CC=CCC2)CC1. The number of hydrogen-bond acceptors (Lipinski definition) is 1. The fraction of sp³-hybridized carbons (Fsp3) is 0.769. The van der Waals surface area contributed by atoms with Gasteiger partial charge in [-0.1, -0.05) is 19.1 Å². The van der Waals surface area contributed by atoms with Gasteiger partial charge in [-0.05, 0) is 38.0 Å². The van der Waals surface area contributed by atoms with Gasteiger partial charge in [-0.25, -0.2) is 4.79 Å². The average molecular weight is 222 g/mol. The number of carbonyl (C=O) groups is 1. The van der Waals surface area contributed by atoms with E-state index in [4.69, 9.17) is 0 Å². The van der Waals surface area contributed by atoms with Gasteiger partial charge in [0.2, 0.25) is 0 Å². The van der Waals surface area contributed by atoms with Gasteiger partial charge in [-0.3, -0.25) is 0 Å². The van der Waals surface area contributed by atoms with Gasteiger partial charge in [0.1, 0.15) is 0 Å². The van der Waals surface area contributed by atoms with E-state index in [0.717, 1.165) is 51.1 Å². The molecule has 16 heavy (non-hydrogen) atoms. The van der Waals surface area contributed by atoms with Crippen LogP contribution in [0, 0.1) is 5.92 Å². The summed E-state index contributed by atoms with van der Waals surface area (Å²) >= 11 is 0. The molecule has 0 bridgehead atoms. The molecule has 1 heterocycles. The molecule has 1 N–H and O–H groups in total. The van der Waals surface area contributed by atoms with Crippen molar-refractivity contribution in [3.8, 4) is 0 Å². The molecular weight excluding hydrogens is 200 g/mol. The fourth-order valence-corrected chi connectivity index (χ4v) is 2.40. The van der Waals surface area contributed by atoms with Gasteiger partial charge in [0.15, 0.2) is 0 Å². The molecule has 0 spiro atoms. The third kappa shape index (κ3) is 3.00. The van der Waals surface area contributed by atoms with Crippen LogP contribution >= 0.6 is 0 Å². The predicted molar refractivity (Wildman–Crippen MR) is 65.3 cm³/mol. The molecule has 0 aromatic carbocycles. The Kier molecular flexibility index (Phi) is 3.86. The second-order valence-electron chi connectivity index (χ2n) is 5.10. The first-order valence-electron chi connectivity index (χ1n) is 6.46. The summed E-state index contributed by atoms with van der Waals surface area (Å²) in [6.45, 7) is 4.12. The molecule has 1 unspecified atom stereocenters. The fourth-order valence-electron chi connectivity index (χ4n) is 2.40. The van der Waals surface area contributed by atoms with Crippen LogP contribution in [0.1, 0.15) is 39.0 Å². The summed E-state index contributed by atoms with van der Waals surface area (Å²) in [6, 6.07) is 0.504. The topological polar surface area (TPSA) is 32.3 Å². The second kappa shape index (κ2) is 5.37. The number of carbonyl (C=O) groups excluding carboxylic acids is 1. The van der Waals surface area contributed by atoms with E-state index in [2.05, 4.69) is 24.4 Å². The van der Waals surface area contributed by atoms with Crippen molar-refractivity contribution >= 4 is 6.03 Å². The molecule has 1 saturated heterocycles. The maximum atomic E-state index is 12.0. The Morgan fingerprint density at radius 3 is 2.62 bits per heavy atom. The number of amides is 2. The van der Waals surface area contributed by atoms with Crippen LogP contribution in [-0.4, -0.2) is 30.1 Å². The lowest BCUT2D eigenvalue weighted by atomic mass is 9.99. The molecular formula is C13H22N2O. The summed E-state index contributed by atoms with van der Waals surface area (Å²) in [5, 5.41) is 3.14. The van der Waals surface area contributed by atoms with Crippen LogP contribution in [0.25, 0.3) is 0 Å². The Morgan fingerprint density at radius 2 is 2.00 bits per heavy atom. The normalized spacial score (nSPS) is 26.8. The van der Waals surface area contributed by atoms with Gasteiger partial charge in [-0.2, -0.15) is 0 Å². The van der Waals surface area contributed by atoms with Crippen molar-refractivity contribution in [3.05, 3.63) is 12.2 Å². The molecule has 0 radical (unpaired) electrons. The Hall–Kier alpha value is -0.990. The Labute approximate surface area is 97.9 Å². The van der Waals surface area contributed by atoms with Crippen molar-refractivity contribution in [2.75, 3.05) is 13.1 Å². The van der Waals surface area contributed by atoms with Gasteiger partial charge < -0.3 is 10.2 Å². The highest BCUT2D eigenvalue weighted by Gasteiger charge is 2.22. The minimum Gasteiger partial charge on any atom is -0.335 e. The van der Waals surface area contributed by atoms with Crippen LogP contribution in [0.15, 0.2) is 12.2 Å². The zero-order valence-electron chi connectivity index (χ0n) is 10.1. The molecule has 0 aromatic heterocycles. The Morgan fingerprint density at radius 1 is 1.25 bits per heavy atom. The third-order valence-electron chi connectivity index (χ3n) is 3.67. The van der Waals surface area contributed by atoms with Crippen LogP contribution < -0.4 is 5.32 Å². The molecule has 2 aliphatic rings. The first kappa shape index (κ1) is 11.5. The van der Waals surface area contributed by atoms with Crippen molar-refractivity contribution in [1.29, 1.82) is 0 Å². The zero-order valence-corrected chi connectivity index (χ0v) is 10.1. The maximum absolute atomic E-state index is 12.0. The molecule has 1 aliphatic heterocycles. The summed E-state index contributed by atoms with van der Waals surface area (Å²) in [7, 11) is 0. The summed E-state index contributed by atoms with van der Waals surface area (Å²) in [5.74, 6) is 0.779. The molecule has 1 fully saturated rings. The number of rotatable bonds is 1. The van der Waals surface area contributed by atoms with E-state index in [9.17, 15) is 4.79 Å². The van der Waals surface area contributed by atoms with E-state index in [0.29, 0.717) is 6.04 Å². The predicted octanol–water partition coefficient (Wildman–Crippen LogP) is 2.54. The van der Waals surface area contributed by atoms with E-state index >= 15 is 0 Å². The van der Waals surface area contributed by atoms with Gasteiger partial charge in [0.05, 0.1) is 0 Å². The molecule has 3 nitrogen and oxygen atoms in total. The minimum absolute atomic E-state index is 0.146. The molecule has 1 atom stereocenters. The number of likely N-dealkylation sites (tertiary alicyclic amines) is 1. The minimum atomic E-state index is 0.146. The molecule has 0 aromatic rings. The largest absolute Gasteiger partial charge is 0.335 e. The van der Waals surface area contributed by atoms with Crippen molar-refractivity contribution in [1.82, 2.24) is 10.2 Å². The number of allylic oxidation sites excluding steroid dienone is 1. The second-order valence-corrected chi connectivity index (χ2v) is 5.10. The molecule has 90 valence electrons. The van der Waals surface area contributed by atoms with Gasteiger partial charge >= 0.3 is 6.03 Å². The van der Waals surface area contributed by atoms with Crippen LogP contribution in [0.3, 0.4) is 0 Å². The summed E-state index contributed by atoms with van der Waals surface area (Å²) < 4.78 is 0. The van der Waals surface area contributed by atoms with Crippen molar-refractivity contribution in [3.63, 3.8) is 0 Å². The van der Waals surface area contributed by atoms with Crippen molar-refractivity contribution in [2.24, 2.45) is 5.92 Å². The average Bonchev–Trinajstić information content (AvgIpc) is 2.31. The lowest BCUT2D eigenvalue weighted by molar-refractivity contribution is 0.170. The van der Waals surface area contributed by atoms with Crippen molar-refractivity contribution < 1.29 is 4.79 Å². The molecule has 1 aliphatic carbocycles. The molecule has 2 amide bonds. The third-order valence-corrected chi connectivity index (χ3v) is 3.67. The summed E-state index contributed by atoms with van der Waals surface area (Å²) in [4.78, 5) is 13.9. The first-order chi connectivity index (χ1) is 7.75. The van der Waals surface area contributed by atoms with E-state index in [1.165, 1.54) is 0 Å². The lowest BCUT2D eigenvalue weighted by Crippen LogP contribution is -2.47. The highest BCUT2D eigenvalue weighted by Crippen LogP contribution is 2.17. The number of nitrogens with zero attached hydrogens (tertiary/aromatic N) is 1. The Balaban J connectivity index is 1.77. The quantitative estimate of drug-likeness (QED) is 0.679. The summed E-state index contributed by atoms with van der Waals surface area (Å²) in [5.41, 5.74) is 0. The highest BCUT2D eigenvalue weighted by atomic mass is 16.2. The van der Waals surface area contributed by atoms with E-state index in [1.807, 2.05) is 4.90 Å². The van der Waals surface area contributed by atoms with Gasteiger partial charge in [0.25, 0.3) is 0 Å². The monoisotopic (exact) mass is 222 g/mol. The van der Waals surface area contributed by atoms with Crippen LogP contribution in [0.4, 0.5) is 4.79 Å². The zero-order chi connectivity index (χ0) is 11.4. The number of piperidine rings is 1. The first-order valence-corrected chi connectivity index (χ1v) is 6.46. The molecule has 0 saturated carbocycles. The number of nitrogens with one attached hydrogen (secondary N) is 1. The number of hydrogen-bond donors (Lipinski definition) is 1. The van der Waals surface area contributed by atoms with Gasteiger partial charge in [0, 0.05) is 19.1 Å². The lowest BCUT2D eigenvalue weighted by Gasteiger charge is -2.32. The van der Waals surface area contributed by atoms with Crippen LogP contribution in [0.2, 0.25) is 0 Å². The van der Waals surface area contributed by atoms with Gasteiger partial charge in [-0.15, -0.1) is 0 Å². The molecule has 3 heteroatoms. The maximum Gasteiger partial charge on any atom is 0.317 e. The van der Waals surface area contributed by atoms with E-state index in [-0.39, 0.29) is 6.03 Å².